The Morgan fingerprint density at radius 3 is 3.12 bits per heavy atom. The molecule has 4 aromatic rings. The molecular weight excluding hydrogens is 326 g/mol. The quantitative estimate of drug-likeness (QED) is 0.492. The Morgan fingerprint density at radius 2 is 2.21 bits per heavy atom. The summed E-state index contributed by atoms with van der Waals surface area (Å²) in [6.45, 7) is 0.569. The van der Waals surface area contributed by atoms with Gasteiger partial charge in [0.15, 0.2) is 5.82 Å². The highest BCUT2D eigenvalue weighted by atomic mass is 32.1. The summed E-state index contributed by atoms with van der Waals surface area (Å²) in [5.41, 5.74) is 2.79. The number of nitrogens with zero attached hydrogens (tertiary/aromatic N) is 7. The summed E-state index contributed by atoms with van der Waals surface area (Å²) in [7, 11) is 0. The van der Waals surface area contributed by atoms with Crippen LogP contribution in [0.25, 0.3) is 27.9 Å². The standard InChI is InChI=1S/C15H11N7OS/c1-2-8(1)15-19-13(20-23-15)11-10-5-22-14(16-6-18-22)12-9(3-4-24-12)21(10)7-17-11/h3-4,6-8H,1-2,5H2. The number of fused-ring (bicyclic) bond motifs is 5. The number of aromatic nitrogens is 7. The lowest BCUT2D eigenvalue weighted by Gasteiger charge is -2.04. The number of thiophene rings is 1. The van der Waals surface area contributed by atoms with E-state index in [-0.39, 0.29) is 0 Å². The minimum absolute atomic E-state index is 0.429. The van der Waals surface area contributed by atoms with Crippen LogP contribution in [-0.4, -0.2) is 34.5 Å². The van der Waals surface area contributed by atoms with Crippen molar-refractivity contribution < 1.29 is 4.52 Å². The predicted molar refractivity (Wildman–Crippen MR) is 84.8 cm³/mol. The Balaban J connectivity index is 1.56. The van der Waals surface area contributed by atoms with Crippen molar-refractivity contribution in [1.82, 2.24) is 34.5 Å². The molecule has 0 unspecified atom stereocenters. The maximum atomic E-state index is 5.40. The van der Waals surface area contributed by atoms with E-state index in [2.05, 4.69) is 41.2 Å². The van der Waals surface area contributed by atoms with Crippen LogP contribution in [0.1, 0.15) is 30.3 Å². The van der Waals surface area contributed by atoms with Crippen LogP contribution in [0.4, 0.5) is 0 Å². The van der Waals surface area contributed by atoms with E-state index in [4.69, 9.17) is 4.52 Å². The summed E-state index contributed by atoms with van der Waals surface area (Å²) < 4.78 is 9.36. The molecule has 5 heterocycles. The first kappa shape index (κ1) is 12.6. The average molecular weight is 337 g/mol. The smallest absolute Gasteiger partial charge is 0.230 e. The number of hydrogen-bond donors (Lipinski definition) is 0. The fourth-order valence-corrected chi connectivity index (χ4v) is 3.99. The zero-order valence-electron chi connectivity index (χ0n) is 12.5. The lowest BCUT2D eigenvalue weighted by Crippen LogP contribution is -2.06. The van der Waals surface area contributed by atoms with Gasteiger partial charge in [0.05, 0.1) is 22.8 Å². The lowest BCUT2D eigenvalue weighted by atomic mass is 10.3. The second-order valence-electron chi connectivity index (χ2n) is 6.02. The van der Waals surface area contributed by atoms with Gasteiger partial charge < -0.3 is 4.52 Å². The minimum atomic E-state index is 0.429. The van der Waals surface area contributed by atoms with E-state index in [0.29, 0.717) is 18.3 Å². The van der Waals surface area contributed by atoms with Gasteiger partial charge in [-0.2, -0.15) is 10.1 Å². The third-order valence-corrected chi connectivity index (χ3v) is 5.37. The minimum Gasteiger partial charge on any atom is -0.339 e. The van der Waals surface area contributed by atoms with Crippen LogP contribution >= 0.6 is 11.3 Å². The van der Waals surface area contributed by atoms with E-state index >= 15 is 0 Å². The van der Waals surface area contributed by atoms with Crippen LogP contribution in [0.2, 0.25) is 0 Å². The van der Waals surface area contributed by atoms with Gasteiger partial charge in [-0.25, -0.2) is 14.6 Å². The first-order valence-electron chi connectivity index (χ1n) is 7.75. The van der Waals surface area contributed by atoms with E-state index in [1.165, 1.54) is 0 Å². The van der Waals surface area contributed by atoms with E-state index in [0.717, 1.165) is 46.5 Å². The van der Waals surface area contributed by atoms with Gasteiger partial charge in [0.25, 0.3) is 0 Å². The maximum Gasteiger partial charge on any atom is 0.230 e. The average Bonchev–Trinajstić information content (AvgIpc) is 3.04. The summed E-state index contributed by atoms with van der Waals surface area (Å²) in [4.78, 5) is 14.6. The third-order valence-electron chi connectivity index (χ3n) is 4.47. The molecular formula is C15H11N7OS. The molecule has 0 aromatic carbocycles. The molecule has 0 radical (unpaired) electrons. The molecule has 8 nitrogen and oxygen atoms in total. The van der Waals surface area contributed by atoms with Crippen LogP contribution in [0, 0.1) is 0 Å². The summed E-state index contributed by atoms with van der Waals surface area (Å²) in [5, 5.41) is 10.6. The zero-order valence-corrected chi connectivity index (χ0v) is 13.3. The summed E-state index contributed by atoms with van der Waals surface area (Å²) in [5.74, 6) is 2.57. The third kappa shape index (κ3) is 1.64. The normalized spacial score (nSPS) is 15.7. The Morgan fingerprint density at radius 1 is 1.25 bits per heavy atom. The van der Waals surface area contributed by atoms with Crippen molar-refractivity contribution in [2.45, 2.75) is 25.3 Å². The molecule has 118 valence electrons. The van der Waals surface area contributed by atoms with Crippen LogP contribution in [0.15, 0.2) is 28.6 Å². The molecule has 1 aliphatic carbocycles. The van der Waals surface area contributed by atoms with Crippen molar-refractivity contribution in [2.75, 3.05) is 0 Å². The molecule has 24 heavy (non-hydrogen) atoms. The Bertz CT molecular complexity index is 1070. The van der Waals surface area contributed by atoms with Crippen LogP contribution in [-0.2, 0) is 6.54 Å². The fourth-order valence-electron chi connectivity index (χ4n) is 3.10. The molecule has 4 aromatic heterocycles. The monoisotopic (exact) mass is 337 g/mol. The van der Waals surface area contributed by atoms with Crippen molar-refractivity contribution in [3.05, 3.63) is 35.7 Å². The molecule has 1 fully saturated rings. The van der Waals surface area contributed by atoms with E-state index < -0.39 is 0 Å². The van der Waals surface area contributed by atoms with Crippen molar-refractivity contribution >= 4 is 11.3 Å². The largest absolute Gasteiger partial charge is 0.339 e. The zero-order chi connectivity index (χ0) is 15.7. The first-order chi connectivity index (χ1) is 11.9. The van der Waals surface area contributed by atoms with Gasteiger partial charge in [0, 0.05) is 5.92 Å². The Hall–Kier alpha value is -2.81. The van der Waals surface area contributed by atoms with Crippen LogP contribution in [0.3, 0.4) is 0 Å². The van der Waals surface area contributed by atoms with Crippen molar-refractivity contribution in [1.29, 1.82) is 0 Å². The van der Waals surface area contributed by atoms with E-state index in [1.54, 1.807) is 17.7 Å². The molecule has 9 heteroatoms. The summed E-state index contributed by atoms with van der Waals surface area (Å²) in [6, 6.07) is 2.07. The highest BCUT2D eigenvalue weighted by Crippen LogP contribution is 2.40. The Labute approximate surface area is 139 Å². The predicted octanol–water partition coefficient (Wildman–Crippen LogP) is 2.48. The van der Waals surface area contributed by atoms with Crippen LogP contribution in [0.5, 0.6) is 0 Å². The van der Waals surface area contributed by atoms with E-state index in [1.807, 2.05) is 11.0 Å². The van der Waals surface area contributed by atoms with Crippen molar-refractivity contribution in [3.63, 3.8) is 0 Å². The second-order valence-corrected chi connectivity index (χ2v) is 6.93. The van der Waals surface area contributed by atoms with Gasteiger partial charge in [-0.05, 0) is 24.3 Å². The van der Waals surface area contributed by atoms with Crippen molar-refractivity contribution in [2.24, 2.45) is 0 Å². The highest BCUT2D eigenvalue weighted by Gasteiger charge is 2.31. The molecule has 0 N–H and O–H groups in total. The molecule has 0 amide bonds. The number of hydrogen-bond acceptors (Lipinski definition) is 7. The summed E-state index contributed by atoms with van der Waals surface area (Å²) >= 11 is 1.65. The maximum absolute atomic E-state index is 5.40. The molecule has 1 aliphatic heterocycles. The summed E-state index contributed by atoms with van der Waals surface area (Å²) in [6.07, 6.45) is 5.66. The molecule has 1 saturated carbocycles. The van der Waals surface area contributed by atoms with Gasteiger partial charge in [-0.1, -0.05) is 5.16 Å². The molecule has 0 bridgehead atoms. The highest BCUT2D eigenvalue weighted by molar-refractivity contribution is 7.14. The topological polar surface area (TPSA) is 87.4 Å². The van der Waals surface area contributed by atoms with Gasteiger partial charge in [-0.3, -0.25) is 4.57 Å². The van der Waals surface area contributed by atoms with Gasteiger partial charge in [0.2, 0.25) is 11.7 Å². The fraction of sp³-hybridized carbons (Fsp3) is 0.267. The SMILES string of the molecule is c1nc2n(n1)Cc1c(-c3noc(C4CC4)n3)ncn1-c1ccsc1-2. The Kier molecular flexibility index (Phi) is 2.30. The number of imidazole rings is 1. The first-order valence-corrected chi connectivity index (χ1v) is 8.62. The van der Waals surface area contributed by atoms with Gasteiger partial charge in [0.1, 0.15) is 18.3 Å². The van der Waals surface area contributed by atoms with E-state index in [9.17, 15) is 0 Å². The van der Waals surface area contributed by atoms with Gasteiger partial charge in [-0.15, -0.1) is 11.3 Å². The van der Waals surface area contributed by atoms with Gasteiger partial charge >= 0.3 is 0 Å². The van der Waals surface area contributed by atoms with Crippen LogP contribution < -0.4 is 0 Å². The second kappa shape index (κ2) is 4.38. The lowest BCUT2D eigenvalue weighted by molar-refractivity contribution is 0.380. The molecule has 6 rings (SSSR count). The van der Waals surface area contributed by atoms with Crippen molar-refractivity contribution in [3.8, 4) is 27.9 Å². The molecule has 0 spiro atoms. The molecule has 2 aliphatic rings. The number of rotatable bonds is 2. The molecule has 0 atom stereocenters. The molecule has 0 saturated heterocycles.